The first-order chi connectivity index (χ1) is 14.8. The maximum Gasteiger partial charge on any atom is 0.466 e. The molecule has 0 fully saturated rings. The molecule has 188 valence electrons. The van der Waals surface area contributed by atoms with Crippen molar-refractivity contribution in [1.82, 2.24) is 0 Å². The predicted molar refractivity (Wildman–Crippen MR) is 119 cm³/mol. The minimum Gasteiger partial charge on any atom is -0.314 e. The number of phosphoric acid groups is 1. The molecular weight excluding hydrogens is 427 g/mol. The lowest BCUT2D eigenvalue weighted by atomic mass is 10.0. The van der Waals surface area contributed by atoms with Gasteiger partial charge in [0.15, 0.2) is 0 Å². The zero-order valence-electron chi connectivity index (χ0n) is 19.6. The van der Waals surface area contributed by atoms with Crippen LogP contribution in [0.4, 0.5) is 0 Å². The third-order valence-corrected chi connectivity index (χ3v) is 4.34. The van der Waals surface area contributed by atoms with Gasteiger partial charge in [0.1, 0.15) is 6.26 Å². The molecule has 0 amide bonds. The monoisotopic (exact) mass is 472 g/mol. The van der Waals surface area contributed by atoms with Gasteiger partial charge in [-0.1, -0.05) is 97.3 Å². The van der Waals surface area contributed by atoms with E-state index in [0.29, 0.717) is 6.61 Å². The highest BCUT2D eigenvalue weighted by Gasteiger charge is 2.00. The first-order valence-electron chi connectivity index (χ1n) is 11.4. The Morgan fingerprint density at radius 3 is 1.55 bits per heavy atom. The highest BCUT2D eigenvalue weighted by Crippen LogP contribution is 2.25. The molecule has 0 aliphatic carbocycles. The topological polar surface area (TPSA) is 124 Å². The Hall–Kier alpha value is -0.510. The Morgan fingerprint density at radius 1 is 0.710 bits per heavy atom. The summed E-state index contributed by atoms with van der Waals surface area (Å²) in [6.07, 6.45) is 21.7. The van der Waals surface area contributed by atoms with Crippen LogP contribution >= 0.6 is 7.82 Å². The Balaban J connectivity index is 0. The van der Waals surface area contributed by atoms with Crippen LogP contribution in [-0.2, 0) is 29.5 Å². The summed E-state index contributed by atoms with van der Waals surface area (Å²) in [6.45, 7) is 6.91. The Kier molecular flexibility index (Phi) is 27.1. The highest BCUT2D eigenvalue weighted by atomic mass is 31.2. The van der Waals surface area contributed by atoms with Crippen molar-refractivity contribution in [2.45, 2.75) is 111 Å². The zero-order valence-corrected chi connectivity index (χ0v) is 20.5. The minimum absolute atomic E-state index is 0.490. The fraction of sp³-hybridized carbons (Fsp3) is 0.905. The summed E-state index contributed by atoms with van der Waals surface area (Å²) in [5.41, 5.74) is 0. The molecule has 31 heavy (non-hydrogen) atoms. The molecule has 0 radical (unpaired) electrons. The van der Waals surface area contributed by atoms with Gasteiger partial charge in [0.05, 0.1) is 6.61 Å². The van der Waals surface area contributed by atoms with E-state index in [1.54, 1.807) is 13.0 Å². The molecule has 0 saturated heterocycles. The van der Waals surface area contributed by atoms with E-state index in [4.69, 9.17) is 24.1 Å². The van der Waals surface area contributed by atoms with Crippen molar-refractivity contribution >= 4 is 7.82 Å². The Morgan fingerprint density at radius 2 is 1.13 bits per heavy atom. The van der Waals surface area contributed by atoms with Crippen molar-refractivity contribution in [3.63, 3.8) is 0 Å². The largest absolute Gasteiger partial charge is 0.466 e. The van der Waals surface area contributed by atoms with Crippen LogP contribution < -0.4 is 0 Å². The molecule has 0 bridgehead atoms. The molecule has 3 N–H and O–H groups in total. The van der Waals surface area contributed by atoms with Crippen molar-refractivity contribution in [2.24, 2.45) is 5.92 Å². The van der Waals surface area contributed by atoms with Crippen LogP contribution in [0.25, 0.3) is 0 Å². The summed E-state index contributed by atoms with van der Waals surface area (Å²) in [6, 6.07) is 0. The molecule has 0 aliphatic heterocycles. The predicted octanol–water partition coefficient (Wildman–Crippen LogP) is 6.45. The second-order valence-electron chi connectivity index (χ2n) is 7.88. The smallest absolute Gasteiger partial charge is 0.314 e. The third kappa shape index (κ3) is 44.1. The molecule has 0 spiro atoms. The van der Waals surface area contributed by atoms with Gasteiger partial charge in [-0.3, -0.25) is 0 Å². The fourth-order valence-electron chi connectivity index (χ4n) is 2.82. The van der Waals surface area contributed by atoms with Gasteiger partial charge in [0.2, 0.25) is 0 Å². The lowest BCUT2D eigenvalue weighted by molar-refractivity contribution is -0.700. The van der Waals surface area contributed by atoms with Gasteiger partial charge >= 0.3 is 7.82 Å². The SMILES string of the molecule is CC=COOOOOCCCCCCCCCCCCCCCC(C)C.O=P(O)(O)O. The number of hydrogen-bond acceptors (Lipinski definition) is 6. The number of rotatable bonds is 21. The van der Waals surface area contributed by atoms with Crippen molar-refractivity contribution < 1.29 is 44.1 Å². The van der Waals surface area contributed by atoms with Crippen molar-refractivity contribution in [3.05, 3.63) is 12.3 Å². The fourth-order valence-corrected chi connectivity index (χ4v) is 2.82. The molecule has 0 saturated carbocycles. The maximum atomic E-state index is 8.88. The van der Waals surface area contributed by atoms with E-state index in [1.165, 1.54) is 83.3 Å². The van der Waals surface area contributed by atoms with Gasteiger partial charge in [-0.25, -0.2) is 9.45 Å². The molecule has 0 aliphatic rings. The molecule has 0 aromatic heterocycles. The third-order valence-electron chi connectivity index (χ3n) is 4.34. The second kappa shape index (κ2) is 25.7. The summed E-state index contributed by atoms with van der Waals surface area (Å²) < 4.78 is 8.88. The lowest BCUT2D eigenvalue weighted by Crippen LogP contribution is -1.99. The molecule has 0 atom stereocenters. The highest BCUT2D eigenvalue weighted by molar-refractivity contribution is 7.45. The van der Waals surface area contributed by atoms with Crippen LogP contribution in [0.2, 0.25) is 0 Å². The quantitative estimate of drug-likeness (QED) is 0.0568. The van der Waals surface area contributed by atoms with Crippen LogP contribution in [-0.4, -0.2) is 21.3 Å². The molecule has 0 aromatic carbocycles. The van der Waals surface area contributed by atoms with Crippen molar-refractivity contribution in [2.75, 3.05) is 6.61 Å². The van der Waals surface area contributed by atoms with Gasteiger partial charge in [0, 0.05) is 10.1 Å². The lowest BCUT2D eigenvalue weighted by Gasteiger charge is -2.05. The summed E-state index contributed by atoms with van der Waals surface area (Å²) >= 11 is 0. The minimum atomic E-state index is -4.64. The van der Waals surface area contributed by atoms with E-state index in [0.717, 1.165) is 18.8 Å². The van der Waals surface area contributed by atoms with Crippen LogP contribution in [0.1, 0.15) is 111 Å². The van der Waals surface area contributed by atoms with E-state index in [1.807, 2.05) is 0 Å². The molecular formula is C21H45O9P. The van der Waals surface area contributed by atoms with E-state index < -0.39 is 7.82 Å². The first kappa shape index (κ1) is 32.7. The van der Waals surface area contributed by atoms with Gasteiger partial charge in [0.25, 0.3) is 0 Å². The van der Waals surface area contributed by atoms with Gasteiger partial charge < -0.3 is 19.6 Å². The van der Waals surface area contributed by atoms with Gasteiger partial charge in [-0.15, -0.1) is 0 Å². The summed E-state index contributed by atoms with van der Waals surface area (Å²) in [5.74, 6) is 0.868. The Labute approximate surface area is 188 Å². The summed E-state index contributed by atoms with van der Waals surface area (Å²) in [7, 11) is -4.64. The van der Waals surface area contributed by atoms with Gasteiger partial charge in [-0.2, -0.15) is 0 Å². The van der Waals surface area contributed by atoms with Crippen LogP contribution in [0.5, 0.6) is 0 Å². The van der Waals surface area contributed by atoms with Crippen LogP contribution in [0.15, 0.2) is 12.3 Å². The van der Waals surface area contributed by atoms with Crippen LogP contribution in [0, 0.1) is 5.92 Å². The maximum absolute atomic E-state index is 8.88. The van der Waals surface area contributed by atoms with E-state index >= 15 is 0 Å². The zero-order chi connectivity index (χ0) is 23.6. The normalized spacial score (nSPS) is 11.7. The van der Waals surface area contributed by atoms with E-state index in [9.17, 15) is 0 Å². The number of unbranched alkanes of at least 4 members (excludes halogenated alkanes) is 12. The molecule has 0 rings (SSSR count). The van der Waals surface area contributed by atoms with Crippen LogP contribution in [0.3, 0.4) is 0 Å². The standard InChI is InChI=1S/C21H42O5.H3O4P/c1-4-19-22-24-26-25-23-20-17-15-13-11-9-7-5-6-8-10-12-14-16-18-21(2)3;1-5(2,3)4/h4,19,21H,5-18,20H2,1-3H3;(H3,1,2,3,4). The number of hydrogen-bond donors (Lipinski definition) is 3. The van der Waals surface area contributed by atoms with E-state index in [-0.39, 0.29) is 0 Å². The van der Waals surface area contributed by atoms with Crippen molar-refractivity contribution in [1.29, 1.82) is 0 Å². The molecule has 0 aromatic rings. The first-order valence-corrected chi connectivity index (χ1v) is 13.0. The van der Waals surface area contributed by atoms with Gasteiger partial charge in [-0.05, 0) is 30.4 Å². The summed E-state index contributed by atoms with van der Waals surface area (Å²) in [5, 5.41) is 12.7. The number of allylic oxidation sites excluding steroid dienone is 1. The average molecular weight is 473 g/mol. The molecule has 9 nitrogen and oxygen atoms in total. The molecule has 0 unspecified atom stereocenters. The van der Waals surface area contributed by atoms with E-state index in [2.05, 4.69) is 33.8 Å². The second-order valence-corrected chi connectivity index (χ2v) is 8.91. The Bertz CT molecular complexity index is 405. The van der Waals surface area contributed by atoms with Crippen molar-refractivity contribution in [3.8, 4) is 0 Å². The average Bonchev–Trinajstić information content (AvgIpc) is 2.67. The summed E-state index contributed by atoms with van der Waals surface area (Å²) in [4.78, 5) is 30.8. The molecule has 0 heterocycles. The molecule has 10 heteroatoms.